The molecule has 1 aromatic carbocycles. The number of halogens is 1. The molecule has 0 aliphatic carbocycles. The van der Waals surface area contributed by atoms with Gasteiger partial charge < -0.3 is 4.74 Å². The molecule has 3 rings (SSSR count). The topological polar surface area (TPSA) is 96.9 Å². The standard InChI is InChI=1S/C21H28FN3O5S2/c1-16(2)15-25(18-6-4-17(22)5-7-18)32(28,29)21-9-8-20(14-23-21)30-19-10-12-24(13-11-19)31(3,26)27/h4-9,14,16,19H,10-13,15H2,1-3H3. The van der Waals surface area contributed by atoms with Crippen LogP contribution in [-0.4, -0.2) is 58.1 Å². The van der Waals surface area contributed by atoms with E-state index in [0.717, 1.165) is 0 Å². The summed E-state index contributed by atoms with van der Waals surface area (Å²) in [7, 11) is -7.18. The van der Waals surface area contributed by atoms with Crippen LogP contribution in [-0.2, 0) is 20.0 Å². The van der Waals surface area contributed by atoms with Crippen LogP contribution in [0.15, 0.2) is 47.6 Å². The molecule has 1 aromatic heterocycles. The Balaban J connectivity index is 1.74. The third kappa shape index (κ3) is 5.96. The van der Waals surface area contributed by atoms with Gasteiger partial charge >= 0.3 is 0 Å². The number of piperidine rings is 1. The first-order valence-corrected chi connectivity index (χ1v) is 13.6. The van der Waals surface area contributed by atoms with Crippen molar-refractivity contribution in [2.45, 2.75) is 37.8 Å². The van der Waals surface area contributed by atoms with E-state index >= 15 is 0 Å². The molecule has 0 N–H and O–H groups in total. The van der Waals surface area contributed by atoms with E-state index in [1.807, 2.05) is 13.8 Å². The van der Waals surface area contributed by atoms with Gasteiger partial charge in [-0.05, 0) is 55.2 Å². The van der Waals surface area contributed by atoms with Crippen LogP contribution < -0.4 is 9.04 Å². The normalized spacial score (nSPS) is 16.3. The molecule has 0 saturated carbocycles. The van der Waals surface area contributed by atoms with Crippen LogP contribution in [0.1, 0.15) is 26.7 Å². The number of nitrogens with zero attached hydrogens (tertiary/aromatic N) is 3. The van der Waals surface area contributed by atoms with Crippen LogP contribution >= 0.6 is 0 Å². The Morgan fingerprint density at radius 1 is 1.09 bits per heavy atom. The molecule has 1 aliphatic rings. The zero-order chi connectivity index (χ0) is 23.5. The number of rotatable bonds is 8. The van der Waals surface area contributed by atoms with Gasteiger partial charge in [-0.2, -0.15) is 8.42 Å². The minimum absolute atomic E-state index is 0.0373. The Bertz CT molecular complexity index is 1110. The average molecular weight is 486 g/mol. The quantitative estimate of drug-likeness (QED) is 0.570. The van der Waals surface area contributed by atoms with Crippen LogP contribution in [0.5, 0.6) is 5.75 Å². The molecular formula is C21H28FN3O5S2. The molecule has 0 atom stereocenters. The van der Waals surface area contributed by atoms with E-state index in [1.54, 1.807) is 6.07 Å². The minimum Gasteiger partial charge on any atom is -0.489 e. The molecule has 2 heterocycles. The van der Waals surface area contributed by atoms with E-state index in [2.05, 4.69) is 4.98 Å². The minimum atomic E-state index is -3.96. The zero-order valence-corrected chi connectivity index (χ0v) is 19.9. The highest BCUT2D eigenvalue weighted by atomic mass is 32.2. The second kappa shape index (κ2) is 9.72. The Morgan fingerprint density at radius 2 is 1.72 bits per heavy atom. The van der Waals surface area contributed by atoms with E-state index < -0.39 is 25.9 Å². The van der Waals surface area contributed by atoms with Crippen molar-refractivity contribution in [1.82, 2.24) is 9.29 Å². The summed E-state index contributed by atoms with van der Waals surface area (Å²) < 4.78 is 71.6. The van der Waals surface area contributed by atoms with Crippen LogP contribution in [0.25, 0.3) is 0 Å². The number of pyridine rings is 1. The molecule has 11 heteroatoms. The third-order valence-electron chi connectivity index (χ3n) is 5.08. The second-order valence-electron chi connectivity index (χ2n) is 8.22. The molecular weight excluding hydrogens is 457 g/mol. The fourth-order valence-electron chi connectivity index (χ4n) is 3.46. The molecule has 0 spiro atoms. The maximum absolute atomic E-state index is 13.3. The van der Waals surface area contributed by atoms with Gasteiger partial charge in [0, 0.05) is 19.6 Å². The molecule has 0 unspecified atom stereocenters. The van der Waals surface area contributed by atoms with Gasteiger partial charge in [0.1, 0.15) is 17.7 Å². The number of sulfonamides is 2. The molecule has 2 aromatic rings. The van der Waals surface area contributed by atoms with Crippen molar-refractivity contribution >= 4 is 25.7 Å². The van der Waals surface area contributed by atoms with Gasteiger partial charge in [0.15, 0.2) is 5.03 Å². The zero-order valence-electron chi connectivity index (χ0n) is 18.3. The Kier molecular flexibility index (Phi) is 7.41. The van der Waals surface area contributed by atoms with Crippen molar-refractivity contribution in [3.05, 3.63) is 48.4 Å². The average Bonchev–Trinajstić information content (AvgIpc) is 2.73. The summed E-state index contributed by atoms with van der Waals surface area (Å²) in [5, 5.41) is -0.137. The number of aromatic nitrogens is 1. The van der Waals surface area contributed by atoms with Gasteiger partial charge in [0.25, 0.3) is 10.0 Å². The maximum Gasteiger partial charge on any atom is 0.281 e. The van der Waals surface area contributed by atoms with Crippen LogP contribution in [0, 0.1) is 11.7 Å². The van der Waals surface area contributed by atoms with E-state index in [1.165, 1.54) is 51.4 Å². The number of hydrogen-bond acceptors (Lipinski definition) is 6. The third-order valence-corrected chi connectivity index (χ3v) is 8.10. The lowest BCUT2D eigenvalue weighted by Crippen LogP contribution is -2.41. The molecule has 1 fully saturated rings. The Hall–Kier alpha value is -2.24. The monoisotopic (exact) mass is 485 g/mol. The van der Waals surface area contributed by atoms with Crippen LogP contribution in [0.3, 0.4) is 0 Å². The summed E-state index contributed by atoms with van der Waals surface area (Å²) in [5.41, 5.74) is 0.361. The second-order valence-corrected chi connectivity index (χ2v) is 12.0. The van der Waals surface area contributed by atoms with Crippen molar-refractivity contribution < 1.29 is 26.0 Å². The van der Waals surface area contributed by atoms with Crippen molar-refractivity contribution in [2.24, 2.45) is 5.92 Å². The van der Waals surface area contributed by atoms with E-state index in [0.29, 0.717) is 37.4 Å². The van der Waals surface area contributed by atoms with Crippen molar-refractivity contribution in [1.29, 1.82) is 0 Å². The Labute approximate surface area is 189 Å². The van der Waals surface area contributed by atoms with Crippen molar-refractivity contribution in [3.8, 4) is 5.75 Å². The first-order chi connectivity index (χ1) is 15.0. The molecule has 1 aliphatic heterocycles. The Morgan fingerprint density at radius 3 is 2.22 bits per heavy atom. The molecule has 0 amide bonds. The smallest absolute Gasteiger partial charge is 0.281 e. The summed E-state index contributed by atoms with van der Waals surface area (Å²) >= 11 is 0. The first-order valence-electron chi connectivity index (χ1n) is 10.3. The fraction of sp³-hybridized carbons (Fsp3) is 0.476. The molecule has 32 heavy (non-hydrogen) atoms. The van der Waals surface area contributed by atoms with E-state index in [-0.39, 0.29) is 23.6 Å². The lowest BCUT2D eigenvalue weighted by molar-refractivity contribution is 0.135. The van der Waals surface area contributed by atoms with Gasteiger partial charge in [0.05, 0.1) is 18.1 Å². The summed E-state index contributed by atoms with van der Waals surface area (Å²) in [4.78, 5) is 4.11. The highest BCUT2D eigenvalue weighted by molar-refractivity contribution is 7.92. The lowest BCUT2D eigenvalue weighted by atomic mass is 10.1. The van der Waals surface area contributed by atoms with Crippen LogP contribution in [0.4, 0.5) is 10.1 Å². The number of anilines is 1. The number of hydrogen-bond donors (Lipinski definition) is 0. The largest absolute Gasteiger partial charge is 0.489 e. The van der Waals surface area contributed by atoms with Gasteiger partial charge in [-0.3, -0.25) is 4.31 Å². The highest BCUT2D eigenvalue weighted by Gasteiger charge is 2.28. The van der Waals surface area contributed by atoms with Gasteiger partial charge in [-0.1, -0.05) is 13.8 Å². The van der Waals surface area contributed by atoms with E-state index in [9.17, 15) is 21.2 Å². The SMILES string of the molecule is CC(C)CN(c1ccc(F)cc1)S(=O)(=O)c1ccc(OC2CCN(S(C)(=O)=O)CC2)cn1. The summed E-state index contributed by atoms with van der Waals surface area (Å²) in [6, 6.07) is 8.22. The lowest BCUT2D eigenvalue weighted by Gasteiger charge is -2.30. The van der Waals surface area contributed by atoms with Crippen molar-refractivity contribution in [2.75, 3.05) is 30.2 Å². The summed E-state index contributed by atoms with van der Waals surface area (Å²) in [6.45, 7) is 4.76. The van der Waals surface area contributed by atoms with E-state index in [4.69, 9.17) is 4.74 Å². The predicted octanol–water partition coefficient (Wildman–Crippen LogP) is 2.87. The summed E-state index contributed by atoms with van der Waals surface area (Å²) in [5.74, 6) is 0.00632. The number of benzene rings is 1. The molecule has 176 valence electrons. The number of ether oxygens (including phenoxy) is 1. The summed E-state index contributed by atoms with van der Waals surface area (Å²) in [6.07, 6.45) is 3.45. The van der Waals surface area contributed by atoms with Crippen LogP contribution in [0.2, 0.25) is 0 Å². The molecule has 1 saturated heterocycles. The van der Waals surface area contributed by atoms with Gasteiger partial charge in [0.2, 0.25) is 10.0 Å². The molecule has 0 radical (unpaired) electrons. The maximum atomic E-state index is 13.3. The highest BCUT2D eigenvalue weighted by Crippen LogP contribution is 2.26. The van der Waals surface area contributed by atoms with Gasteiger partial charge in [-0.25, -0.2) is 22.1 Å². The molecule has 8 nitrogen and oxygen atoms in total. The first kappa shape index (κ1) is 24.4. The van der Waals surface area contributed by atoms with Crippen molar-refractivity contribution in [3.63, 3.8) is 0 Å². The fourth-order valence-corrected chi connectivity index (χ4v) is 5.88. The molecule has 0 bridgehead atoms. The predicted molar refractivity (Wildman–Crippen MR) is 120 cm³/mol. The van der Waals surface area contributed by atoms with Gasteiger partial charge in [-0.15, -0.1) is 0 Å².